The minimum absolute atomic E-state index is 0.0345. The molecule has 17 aromatic rings. The summed E-state index contributed by atoms with van der Waals surface area (Å²) >= 11 is 1.44. The van der Waals surface area contributed by atoms with Gasteiger partial charge in [-0.05, 0) is 119 Å². The van der Waals surface area contributed by atoms with E-state index < -0.39 is 50.9 Å². The SMILES string of the molecule is CC(=O)Cc1ncc(-c2ccc3ncc4c(=O)[nH]c(=O)n(C5CCN(CC(N)=O)CC5)c4c3n2)cn1.CSc1ncc(-c2ccc3ncc4c(=O)[nH]c(=O)n(C5CCN(CC(N)=O)CC5)c4c3n2)cn1.NC(=O)CN1CCC(n2c(=O)[nH]c(=O)c3cnc4ccc(-c5cnc(-n6cccn6)nc5)nc4c32)CC1.NC(=O)CN1CCC(n2c(=O)[nH]c(=O)c3cnc4ccc(-c5cnc(N6CCOCC6)nc5)nc4c32)CC1. The van der Waals surface area contributed by atoms with E-state index in [1.54, 1.807) is 115 Å². The molecule has 0 spiro atoms. The minimum atomic E-state index is -0.532. The summed E-state index contributed by atoms with van der Waals surface area (Å²) in [7, 11) is 0. The van der Waals surface area contributed by atoms with E-state index >= 15 is 0 Å². The molecule has 12 N–H and O–H groups in total. The number of morpholine rings is 1. The van der Waals surface area contributed by atoms with E-state index in [0.29, 0.717) is 256 Å². The van der Waals surface area contributed by atoms with Crippen LogP contribution in [0.15, 0.2) is 185 Å². The third-order valence-corrected chi connectivity index (χ3v) is 26.6. The molecule has 5 saturated heterocycles. The van der Waals surface area contributed by atoms with Gasteiger partial charge in [0.15, 0.2) is 5.16 Å². The Labute approximate surface area is 821 Å². The molecule has 49 nitrogen and oxygen atoms in total. The van der Waals surface area contributed by atoms with Crippen molar-refractivity contribution in [2.75, 3.05) is 116 Å². The minimum Gasteiger partial charge on any atom is -0.378 e. The number of nitrogens with two attached hydrogens (primary N) is 4. The first kappa shape index (κ1) is 96.9. The first-order chi connectivity index (χ1) is 70.2. The van der Waals surface area contributed by atoms with Gasteiger partial charge in [-0.25, -0.2) is 83.7 Å². The zero-order chi connectivity index (χ0) is 101. The largest absolute Gasteiger partial charge is 0.378 e. The number of ether oxygens (including phenoxy) is 1. The zero-order valence-corrected chi connectivity index (χ0v) is 79.1. The number of hydrogen-bond donors (Lipinski definition) is 8. The average molecular weight is 1980 g/mol. The molecule has 0 atom stereocenters. The van der Waals surface area contributed by atoms with Crippen LogP contribution in [-0.4, -0.2) is 288 Å². The van der Waals surface area contributed by atoms with E-state index in [-0.39, 0.29) is 91.0 Å². The van der Waals surface area contributed by atoms with Crippen LogP contribution in [0.1, 0.15) is 88.3 Å². The summed E-state index contributed by atoms with van der Waals surface area (Å²) in [6.07, 6.45) is 29.5. The second-order valence-corrected chi connectivity index (χ2v) is 36.3. The molecule has 5 aliphatic rings. The lowest BCUT2D eigenvalue weighted by atomic mass is 10.0. The lowest BCUT2D eigenvalue weighted by molar-refractivity contribution is -0.120. The van der Waals surface area contributed by atoms with Crippen molar-refractivity contribution in [3.8, 4) is 51.0 Å². The van der Waals surface area contributed by atoms with Gasteiger partial charge < -0.3 is 32.6 Å². The number of Topliss-reactive ketones (excluding diaryl/α,β-unsaturated/α-hetero) is 1. The van der Waals surface area contributed by atoms with Crippen molar-refractivity contribution < 1.29 is 28.7 Å². The number of H-pyrrole nitrogens is 4. The van der Waals surface area contributed by atoms with Crippen LogP contribution in [0.2, 0.25) is 0 Å². The third kappa shape index (κ3) is 20.9. The summed E-state index contributed by atoms with van der Waals surface area (Å²) in [5, 5.41) is 5.91. The third-order valence-electron chi connectivity index (χ3n) is 26.0. The predicted octanol–water partition coefficient (Wildman–Crippen LogP) is 1.72. The Bertz CT molecular complexity index is 8420. The molecule has 22 rings (SSSR count). The van der Waals surface area contributed by atoms with Crippen molar-refractivity contribution in [3.05, 3.63) is 231 Å². The maximum absolute atomic E-state index is 13.1. The number of hydrogen-bond acceptors (Lipinski definition) is 37. The predicted molar refractivity (Wildman–Crippen MR) is 534 cm³/mol. The number of thioether (sulfide) groups is 1. The zero-order valence-electron chi connectivity index (χ0n) is 78.3. The summed E-state index contributed by atoms with van der Waals surface area (Å²) in [6.45, 7) is 9.75. The highest BCUT2D eigenvalue weighted by Gasteiger charge is 2.33. The number of aromatic amines is 4. The Morgan fingerprint density at radius 2 is 0.648 bits per heavy atom. The highest BCUT2D eigenvalue weighted by Crippen LogP contribution is 2.36. The number of aromatic nitrogens is 26. The fourth-order valence-electron chi connectivity index (χ4n) is 19.1. The van der Waals surface area contributed by atoms with E-state index in [2.05, 4.69) is 89.7 Å². The lowest BCUT2D eigenvalue weighted by Crippen LogP contribution is -2.42. The summed E-state index contributed by atoms with van der Waals surface area (Å²) in [4.78, 5) is 251. The smallest absolute Gasteiger partial charge is 0.329 e. The van der Waals surface area contributed by atoms with Gasteiger partial charge in [0.05, 0.1) is 134 Å². The van der Waals surface area contributed by atoms with E-state index in [1.165, 1.54) is 43.5 Å². The van der Waals surface area contributed by atoms with Gasteiger partial charge in [-0.1, -0.05) is 11.8 Å². The molecule has 0 bridgehead atoms. The molecular formula is C95H95N35O14S. The number of carbonyl (C=O) groups is 5. The maximum atomic E-state index is 13.1. The van der Waals surface area contributed by atoms with Gasteiger partial charge in [0.25, 0.3) is 22.2 Å². The number of ketones is 1. The molecule has 0 aromatic carbocycles. The Kier molecular flexibility index (Phi) is 28.1. The number of nitrogens with one attached hydrogen (secondary N) is 4. The van der Waals surface area contributed by atoms with Crippen LogP contribution in [0.25, 0.3) is 139 Å². The second-order valence-electron chi connectivity index (χ2n) is 35.6. The molecule has 0 saturated carbocycles. The van der Waals surface area contributed by atoms with Crippen LogP contribution in [0.5, 0.6) is 0 Å². The Morgan fingerprint density at radius 1 is 0.366 bits per heavy atom. The molecule has 0 unspecified atom stereocenters. The fraction of sp³-hybridized carbons (Fsp3) is 0.326. The molecule has 17 aromatic heterocycles. The standard InChI is InChI=1S/C25H27N9O4.C24H22N10O3.C24H24N8O4.C22H22N8O3S/c26-20(35)14-32-5-3-16(4-6-32)34-22-17(23(36)31-25(34)37)13-27-19-2-1-18(30-21(19)22)15-11-28-24(29-12-15)33-7-9-38-10-8-33;25-19(35)13-32-8-4-15(5-9-32)34-21-16(22(36)31-24(34)37)12-26-18-3-2-17(30-20(18)21)14-10-27-23(28-11-14)33-7-1-6-29-33;1-13(33)8-20-27-9-14(10-28-20)17-2-3-18-21(29-17)22-16(11-26-18)23(35)30-24(36)32(22)15-4-6-31(7-5-15)12-19(25)34;1-34-21-25-8-12(9-26-21)15-2-3-16-18(27-15)19-14(10-24-16)20(32)28-22(33)30(19)13-4-6-29(7-5-13)11-17(23)31/h1-2,11-13,16H,3-10,14H2,(H2,26,35)(H,31,36,37);1-3,6-7,10-12,15H,4-5,8-9,13H2,(H2,25,35)(H,31,36,37);2-3,9-11,15H,4-8,12H2,1H3,(H2,25,34)(H,30,35,36);2-3,8-10,13H,4-7,11H2,1H3,(H2,23,31)(H,28,32,33). The molecule has 0 radical (unpaired) electrons. The van der Waals surface area contributed by atoms with Crippen molar-refractivity contribution in [1.82, 2.24) is 147 Å². The number of likely N-dealkylation sites (tertiary alicyclic amines) is 4. The van der Waals surface area contributed by atoms with Crippen molar-refractivity contribution in [2.45, 2.75) is 94.0 Å². The van der Waals surface area contributed by atoms with E-state index in [4.69, 9.17) is 47.6 Å². The van der Waals surface area contributed by atoms with Crippen molar-refractivity contribution in [3.63, 3.8) is 0 Å². The molecule has 5 fully saturated rings. The molecule has 22 heterocycles. The van der Waals surface area contributed by atoms with Crippen LogP contribution in [0.4, 0.5) is 5.95 Å². The second kappa shape index (κ2) is 42.1. The quantitative estimate of drug-likeness (QED) is 0.0288. The monoisotopic (exact) mass is 1980 g/mol. The number of nitrogens with zero attached hydrogens (tertiary/aromatic N) is 27. The fourth-order valence-corrected chi connectivity index (χ4v) is 19.4. The van der Waals surface area contributed by atoms with Gasteiger partial charge in [0.1, 0.15) is 33.7 Å². The Balaban J connectivity index is 0.000000122. The van der Waals surface area contributed by atoms with Crippen LogP contribution in [0, 0.1) is 0 Å². The van der Waals surface area contributed by atoms with Crippen LogP contribution in [-0.2, 0) is 35.1 Å². The van der Waals surface area contributed by atoms with Crippen LogP contribution < -0.4 is 72.8 Å². The Hall–Kier alpha value is -17.0. The molecule has 4 amide bonds. The van der Waals surface area contributed by atoms with Gasteiger partial charge in [-0.15, -0.1) is 0 Å². The highest BCUT2D eigenvalue weighted by molar-refractivity contribution is 7.98. The summed E-state index contributed by atoms with van der Waals surface area (Å²) in [6, 6.07) is 15.4. The van der Waals surface area contributed by atoms with Gasteiger partial charge in [-0.3, -0.25) is 121 Å². The van der Waals surface area contributed by atoms with Crippen molar-refractivity contribution >= 4 is 135 Å². The van der Waals surface area contributed by atoms with E-state index in [1.807, 2.05) is 50.1 Å². The topological polar surface area (TPSA) is 658 Å². The van der Waals surface area contributed by atoms with Crippen LogP contribution in [0.3, 0.4) is 0 Å². The summed E-state index contributed by atoms with van der Waals surface area (Å²) in [5.74, 6) is -0.111. The van der Waals surface area contributed by atoms with E-state index in [9.17, 15) is 62.3 Å². The first-order valence-electron chi connectivity index (χ1n) is 46.6. The van der Waals surface area contributed by atoms with E-state index in [0.717, 1.165) is 18.7 Å². The molecule has 740 valence electrons. The molecule has 50 heteroatoms. The maximum Gasteiger partial charge on any atom is 0.329 e. The number of carbonyl (C=O) groups excluding carboxylic acids is 5. The molecule has 5 aliphatic heterocycles. The number of primary amides is 4. The van der Waals surface area contributed by atoms with Crippen LogP contribution >= 0.6 is 11.8 Å². The van der Waals surface area contributed by atoms with Crippen molar-refractivity contribution in [2.24, 2.45) is 22.9 Å². The lowest BCUT2D eigenvalue weighted by Gasteiger charge is -2.32. The van der Waals surface area contributed by atoms with Gasteiger partial charge in [-0.2, -0.15) is 5.10 Å². The molecule has 0 aliphatic carbocycles. The van der Waals surface area contributed by atoms with Gasteiger partial charge >= 0.3 is 22.8 Å². The number of fused-ring (bicyclic) bond motifs is 12. The number of anilines is 1. The average Bonchev–Trinajstić information content (AvgIpc) is 1.15. The number of pyridine rings is 8. The molecule has 145 heavy (non-hydrogen) atoms. The number of rotatable bonds is 21. The Morgan fingerprint density at radius 3 is 0.917 bits per heavy atom. The first-order valence-corrected chi connectivity index (χ1v) is 47.9. The summed E-state index contributed by atoms with van der Waals surface area (Å²) < 4.78 is 13.4. The normalized spacial score (nSPS) is 15.6. The van der Waals surface area contributed by atoms with Gasteiger partial charge in [0, 0.05) is 199 Å². The molecular weight excluding hydrogens is 1890 g/mol. The highest BCUT2D eigenvalue weighted by atomic mass is 32.2. The summed E-state index contributed by atoms with van der Waals surface area (Å²) in [5.41, 5.74) is 28.1. The van der Waals surface area contributed by atoms with Gasteiger partial charge in [0.2, 0.25) is 35.5 Å². The number of amides is 4. The number of piperidine rings is 4. The van der Waals surface area contributed by atoms with Crippen molar-refractivity contribution in [1.29, 1.82) is 0 Å².